The molecule has 0 amide bonds. The lowest BCUT2D eigenvalue weighted by Crippen LogP contribution is -2.34. The average Bonchev–Trinajstić information content (AvgIpc) is 2.51. The maximum Gasteiger partial charge on any atom is 0.435 e. The van der Waals surface area contributed by atoms with Crippen LogP contribution in [0.3, 0.4) is 0 Å². The number of aliphatic carboxylic acids is 1. The largest absolute Gasteiger partial charge is 0.480 e. The standard InChI is InChI=1S/C7H8F3N3O2/c8-7(9,10)5-1-2-13(12-5)3-4(11)6(14)15/h1-2,4H,3,11H2,(H,14,15)/t4-/m1/s1. The highest BCUT2D eigenvalue weighted by Gasteiger charge is 2.33. The van der Waals surface area contributed by atoms with Gasteiger partial charge < -0.3 is 10.8 Å². The Bertz CT molecular complexity index is 361. The summed E-state index contributed by atoms with van der Waals surface area (Å²) in [6, 6.07) is -0.514. The lowest BCUT2D eigenvalue weighted by atomic mass is 10.3. The number of carboxylic acids is 1. The second-order valence-corrected chi connectivity index (χ2v) is 2.87. The van der Waals surface area contributed by atoms with E-state index >= 15 is 0 Å². The van der Waals surface area contributed by atoms with Gasteiger partial charge in [-0.25, -0.2) is 0 Å². The maximum atomic E-state index is 12.1. The third kappa shape index (κ3) is 2.94. The summed E-state index contributed by atoms with van der Waals surface area (Å²) in [5.74, 6) is -1.29. The Morgan fingerprint density at radius 2 is 2.27 bits per heavy atom. The van der Waals surface area contributed by atoms with E-state index in [-0.39, 0.29) is 6.54 Å². The predicted octanol–water partition coefficient (Wildman–Crippen LogP) is 0.314. The first-order chi connectivity index (χ1) is 6.80. The molecule has 0 saturated carbocycles. The van der Waals surface area contributed by atoms with Crippen LogP contribution in [0.1, 0.15) is 5.69 Å². The Kier molecular flexibility index (Phi) is 2.98. The normalized spacial score (nSPS) is 13.9. The molecule has 1 heterocycles. The van der Waals surface area contributed by atoms with E-state index in [2.05, 4.69) is 5.10 Å². The van der Waals surface area contributed by atoms with Crippen molar-refractivity contribution >= 4 is 5.97 Å². The fourth-order valence-corrected chi connectivity index (χ4v) is 0.894. The van der Waals surface area contributed by atoms with Gasteiger partial charge in [-0.15, -0.1) is 0 Å². The molecule has 0 aliphatic heterocycles. The molecule has 3 N–H and O–H groups in total. The number of rotatable bonds is 3. The van der Waals surface area contributed by atoms with Gasteiger partial charge >= 0.3 is 12.1 Å². The summed E-state index contributed by atoms with van der Waals surface area (Å²) >= 11 is 0. The predicted molar refractivity (Wildman–Crippen MR) is 42.8 cm³/mol. The molecule has 84 valence electrons. The lowest BCUT2D eigenvalue weighted by Gasteiger charge is -2.06. The number of halogens is 3. The Hall–Kier alpha value is -1.57. The monoisotopic (exact) mass is 223 g/mol. The van der Waals surface area contributed by atoms with E-state index in [9.17, 15) is 18.0 Å². The highest BCUT2D eigenvalue weighted by molar-refractivity contribution is 5.72. The zero-order valence-electron chi connectivity index (χ0n) is 7.40. The van der Waals surface area contributed by atoms with E-state index < -0.39 is 23.9 Å². The lowest BCUT2D eigenvalue weighted by molar-refractivity contribution is -0.141. The van der Waals surface area contributed by atoms with Gasteiger partial charge in [0, 0.05) is 6.20 Å². The van der Waals surface area contributed by atoms with Gasteiger partial charge in [0.15, 0.2) is 5.69 Å². The minimum absolute atomic E-state index is 0.300. The number of hydrogen-bond donors (Lipinski definition) is 2. The van der Waals surface area contributed by atoms with Crippen molar-refractivity contribution in [2.75, 3.05) is 0 Å². The van der Waals surface area contributed by atoms with Gasteiger partial charge in [0.25, 0.3) is 0 Å². The fourth-order valence-electron chi connectivity index (χ4n) is 0.894. The highest BCUT2D eigenvalue weighted by Crippen LogP contribution is 2.27. The average molecular weight is 223 g/mol. The number of carboxylic acid groups (broad SMARTS) is 1. The summed E-state index contributed by atoms with van der Waals surface area (Å²) in [5, 5.41) is 11.6. The van der Waals surface area contributed by atoms with E-state index in [1.807, 2.05) is 0 Å². The molecule has 8 heteroatoms. The Balaban J connectivity index is 2.73. The van der Waals surface area contributed by atoms with E-state index in [1.165, 1.54) is 0 Å². The van der Waals surface area contributed by atoms with Crippen molar-refractivity contribution in [1.29, 1.82) is 0 Å². The maximum absolute atomic E-state index is 12.1. The van der Waals surface area contributed by atoms with Gasteiger partial charge in [-0.05, 0) is 6.07 Å². The molecule has 0 aromatic carbocycles. The van der Waals surface area contributed by atoms with Gasteiger partial charge in [0.2, 0.25) is 0 Å². The van der Waals surface area contributed by atoms with Crippen LogP contribution >= 0.6 is 0 Å². The number of carbonyl (C=O) groups is 1. The molecule has 0 saturated heterocycles. The van der Waals surface area contributed by atoms with Gasteiger partial charge in [0.05, 0.1) is 6.54 Å². The number of alkyl halides is 3. The zero-order chi connectivity index (χ0) is 11.6. The molecule has 0 unspecified atom stereocenters. The molecule has 0 bridgehead atoms. The van der Waals surface area contributed by atoms with Crippen molar-refractivity contribution in [3.05, 3.63) is 18.0 Å². The van der Waals surface area contributed by atoms with Crippen molar-refractivity contribution in [1.82, 2.24) is 9.78 Å². The van der Waals surface area contributed by atoms with Crippen LogP contribution in [0.4, 0.5) is 13.2 Å². The van der Waals surface area contributed by atoms with Crippen LogP contribution in [-0.2, 0) is 17.5 Å². The Labute approximate surface area is 82.3 Å². The van der Waals surface area contributed by atoms with Crippen molar-refractivity contribution in [2.24, 2.45) is 5.73 Å². The molecule has 0 aliphatic carbocycles. The molecule has 0 aliphatic rings. The smallest absolute Gasteiger partial charge is 0.435 e. The number of hydrogen-bond acceptors (Lipinski definition) is 3. The van der Waals surface area contributed by atoms with Crippen LogP contribution in [0.5, 0.6) is 0 Å². The zero-order valence-corrected chi connectivity index (χ0v) is 7.40. The second-order valence-electron chi connectivity index (χ2n) is 2.87. The SMILES string of the molecule is N[C@H](Cn1ccc(C(F)(F)F)n1)C(=O)O. The van der Waals surface area contributed by atoms with Crippen molar-refractivity contribution in [3.8, 4) is 0 Å². The summed E-state index contributed by atoms with van der Waals surface area (Å²) in [6.07, 6.45) is -3.50. The summed E-state index contributed by atoms with van der Waals surface area (Å²) in [4.78, 5) is 10.3. The number of nitrogens with two attached hydrogens (primary N) is 1. The Morgan fingerprint density at radius 3 is 2.67 bits per heavy atom. The first kappa shape index (κ1) is 11.5. The van der Waals surface area contributed by atoms with Gasteiger partial charge in [-0.1, -0.05) is 0 Å². The van der Waals surface area contributed by atoms with Crippen molar-refractivity contribution in [3.63, 3.8) is 0 Å². The quantitative estimate of drug-likeness (QED) is 0.772. The van der Waals surface area contributed by atoms with Crippen molar-refractivity contribution in [2.45, 2.75) is 18.8 Å². The highest BCUT2D eigenvalue weighted by atomic mass is 19.4. The molecule has 15 heavy (non-hydrogen) atoms. The molecule has 5 nitrogen and oxygen atoms in total. The number of aromatic nitrogens is 2. The van der Waals surface area contributed by atoms with Crippen LogP contribution in [0, 0.1) is 0 Å². The first-order valence-corrected chi connectivity index (χ1v) is 3.89. The van der Waals surface area contributed by atoms with E-state index in [0.29, 0.717) is 0 Å². The summed E-state index contributed by atoms with van der Waals surface area (Å²) in [5.41, 5.74) is 4.06. The first-order valence-electron chi connectivity index (χ1n) is 3.89. The molecule has 1 rings (SSSR count). The van der Waals surface area contributed by atoms with Crippen LogP contribution < -0.4 is 5.73 Å². The van der Waals surface area contributed by atoms with E-state index in [0.717, 1.165) is 16.9 Å². The second kappa shape index (κ2) is 3.89. The summed E-state index contributed by atoms with van der Waals surface area (Å²) < 4.78 is 37.1. The third-order valence-corrected chi connectivity index (χ3v) is 1.63. The summed E-state index contributed by atoms with van der Waals surface area (Å²) in [7, 11) is 0. The minimum atomic E-state index is -4.53. The van der Waals surface area contributed by atoms with Gasteiger partial charge in [-0.2, -0.15) is 18.3 Å². The fraction of sp³-hybridized carbons (Fsp3) is 0.429. The summed E-state index contributed by atoms with van der Waals surface area (Å²) in [6.45, 7) is -0.300. The van der Waals surface area contributed by atoms with Gasteiger partial charge in [0.1, 0.15) is 6.04 Å². The topological polar surface area (TPSA) is 81.1 Å². The molecule has 0 fully saturated rings. The molecule has 1 atom stereocenters. The van der Waals surface area contributed by atoms with Crippen molar-refractivity contribution < 1.29 is 23.1 Å². The molecular weight excluding hydrogens is 215 g/mol. The Morgan fingerprint density at radius 1 is 1.67 bits per heavy atom. The van der Waals surface area contributed by atoms with Crippen LogP contribution in [-0.4, -0.2) is 26.9 Å². The van der Waals surface area contributed by atoms with Crippen LogP contribution in [0.2, 0.25) is 0 Å². The minimum Gasteiger partial charge on any atom is -0.480 e. The molecular formula is C7H8F3N3O2. The van der Waals surface area contributed by atoms with Crippen LogP contribution in [0.15, 0.2) is 12.3 Å². The molecule has 1 aromatic heterocycles. The van der Waals surface area contributed by atoms with Gasteiger partial charge in [-0.3, -0.25) is 9.48 Å². The number of nitrogens with zero attached hydrogens (tertiary/aromatic N) is 2. The van der Waals surface area contributed by atoms with E-state index in [4.69, 9.17) is 10.8 Å². The molecule has 0 spiro atoms. The molecule has 0 radical (unpaired) electrons. The molecule has 1 aromatic rings. The van der Waals surface area contributed by atoms with Crippen LogP contribution in [0.25, 0.3) is 0 Å². The van der Waals surface area contributed by atoms with E-state index in [1.54, 1.807) is 0 Å². The third-order valence-electron chi connectivity index (χ3n) is 1.63.